The fourth-order valence-electron chi connectivity index (χ4n) is 1.36. The van der Waals surface area contributed by atoms with Crippen molar-refractivity contribution < 1.29 is 9.90 Å². The lowest BCUT2D eigenvalue weighted by Gasteiger charge is -2.22. The van der Waals surface area contributed by atoms with Crippen molar-refractivity contribution in [3.05, 3.63) is 12.7 Å². The molecule has 3 N–H and O–H groups in total. The first-order valence-corrected chi connectivity index (χ1v) is 5.61. The first kappa shape index (κ1) is 15.1. The molecule has 16 heavy (non-hydrogen) atoms. The molecule has 4 heteroatoms. The summed E-state index contributed by atoms with van der Waals surface area (Å²) >= 11 is 0. The summed E-state index contributed by atoms with van der Waals surface area (Å²) in [5.74, 6) is -0.102. The van der Waals surface area contributed by atoms with Crippen molar-refractivity contribution in [3.8, 4) is 0 Å². The van der Waals surface area contributed by atoms with Crippen LogP contribution in [0.15, 0.2) is 12.7 Å². The summed E-state index contributed by atoms with van der Waals surface area (Å²) in [5.41, 5.74) is 0.0746. The van der Waals surface area contributed by atoms with Crippen molar-refractivity contribution in [2.45, 2.75) is 33.3 Å². The van der Waals surface area contributed by atoms with Gasteiger partial charge in [0.15, 0.2) is 0 Å². The Morgan fingerprint density at radius 1 is 1.50 bits per heavy atom. The summed E-state index contributed by atoms with van der Waals surface area (Å²) < 4.78 is 0. The van der Waals surface area contributed by atoms with Gasteiger partial charge in [0.1, 0.15) is 0 Å². The van der Waals surface area contributed by atoms with Crippen molar-refractivity contribution in [3.63, 3.8) is 0 Å². The Morgan fingerprint density at radius 3 is 2.62 bits per heavy atom. The Hall–Kier alpha value is -0.870. The molecule has 0 saturated heterocycles. The van der Waals surface area contributed by atoms with E-state index in [4.69, 9.17) is 0 Å². The number of hydrogen-bond donors (Lipinski definition) is 3. The van der Waals surface area contributed by atoms with Gasteiger partial charge in [0, 0.05) is 13.1 Å². The van der Waals surface area contributed by atoms with E-state index in [-0.39, 0.29) is 17.9 Å². The Labute approximate surface area is 98.1 Å². The number of carbonyl (C=O) groups is 1. The molecule has 0 radical (unpaired) electrons. The van der Waals surface area contributed by atoms with Crippen LogP contribution in [-0.4, -0.2) is 36.8 Å². The van der Waals surface area contributed by atoms with E-state index >= 15 is 0 Å². The van der Waals surface area contributed by atoms with Gasteiger partial charge in [0.25, 0.3) is 0 Å². The molecule has 0 rings (SSSR count). The van der Waals surface area contributed by atoms with Crippen LogP contribution in [-0.2, 0) is 4.79 Å². The zero-order valence-electron chi connectivity index (χ0n) is 10.5. The molecule has 0 aromatic rings. The average Bonchev–Trinajstić information content (AvgIpc) is 2.12. The number of amides is 1. The SMILES string of the molecule is C=CCNCC(=O)NCC(O)CC(C)(C)C. The molecule has 0 aliphatic heterocycles. The molecule has 4 nitrogen and oxygen atoms in total. The van der Waals surface area contributed by atoms with E-state index in [1.54, 1.807) is 6.08 Å². The minimum absolute atomic E-state index is 0.0746. The molecular formula is C12H24N2O2. The van der Waals surface area contributed by atoms with Gasteiger partial charge < -0.3 is 15.7 Å². The summed E-state index contributed by atoms with van der Waals surface area (Å²) in [6.45, 7) is 10.9. The van der Waals surface area contributed by atoms with E-state index in [0.29, 0.717) is 19.5 Å². The van der Waals surface area contributed by atoms with E-state index < -0.39 is 6.10 Å². The van der Waals surface area contributed by atoms with Crippen LogP contribution in [0.25, 0.3) is 0 Å². The summed E-state index contributed by atoms with van der Waals surface area (Å²) in [7, 11) is 0. The number of hydrogen-bond acceptors (Lipinski definition) is 3. The predicted octanol–water partition coefficient (Wildman–Crippen LogP) is 0.675. The molecule has 0 aliphatic carbocycles. The summed E-state index contributed by atoms with van der Waals surface area (Å²) in [5, 5.41) is 15.2. The maximum atomic E-state index is 11.3. The van der Waals surface area contributed by atoms with Crippen LogP contribution >= 0.6 is 0 Å². The Balaban J connectivity index is 3.62. The zero-order chi connectivity index (χ0) is 12.6. The lowest BCUT2D eigenvalue weighted by molar-refractivity contribution is -0.120. The van der Waals surface area contributed by atoms with Crippen LogP contribution in [0.3, 0.4) is 0 Å². The largest absolute Gasteiger partial charge is 0.391 e. The first-order chi connectivity index (χ1) is 7.35. The third kappa shape index (κ3) is 9.68. The van der Waals surface area contributed by atoms with Crippen molar-refractivity contribution in [1.29, 1.82) is 0 Å². The van der Waals surface area contributed by atoms with Crippen LogP contribution in [0.5, 0.6) is 0 Å². The molecule has 94 valence electrons. The predicted molar refractivity (Wildman–Crippen MR) is 66.2 cm³/mol. The van der Waals surface area contributed by atoms with Gasteiger partial charge in [-0.3, -0.25) is 4.79 Å². The number of rotatable bonds is 7. The minimum Gasteiger partial charge on any atom is -0.391 e. The molecule has 0 spiro atoms. The van der Waals surface area contributed by atoms with Gasteiger partial charge in [-0.1, -0.05) is 26.8 Å². The van der Waals surface area contributed by atoms with E-state index in [1.165, 1.54) is 0 Å². The van der Waals surface area contributed by atoms with Crippen LogP contribution in [0, 0.1) is 5.41 Å². The fourth-order valence-corrected chi connectivity index (χ4v) is 1.36. The normalized spacial score (nSPS) is 13.2. The molecular weight excluding hydrogens is 204 g/mol. The quantitative estimate of drug-likeness (QED) is 0.443. The van der Waals surface area contributed by atoms with Gasteiger partial charge in [-0.15, -0.1) is 6.58 Å². The lowest BCUT2D eigenvalue weighted by Crippen LogP contribution is -2.39. The molecule has 0 heterocycles. The molecule has 1 atom stereocenters. The minimum atomic E-state index is -0.483. The van der Waals surface area contributed by atoms with Crippen molar-refractivity contribution in [2.75, 3.05) is 19.6 Å². The smallest absolute Gasteiger partial charge is 0.234 e. The second kappa shape index (κ2) is 7.41. The Morgan fingerprint density at radius 2 is 2.12 bits per heavy atom. The zero-order valence-corrected chi connectivity index (χ0v) is 10.5. The number of aliphatic hydroxyl groups excluding tert-OH is 1. The highest BCUT2D eigenvalue weighted by Gasteiger charge is 2.16. The van der Waals surface area contributed by atoms with Gasteiger partial charge in [0.2, 0.25) is 5.91 Å². The number of carbonyl (C=O) groups excluding carboxylic acids is 1. The highest BCUT2D eigenvalue weighted by atomic mass is 16.3. The maximum absolute atomic E-state index is 11.3. The highest BCUT2D eigenvalue weighted by molar-refractivity contribution is 5.77. The van der Waals surface area contributed by atoms with Crippen molar-refractivity contribution >= 4 is 5.91 Å². The van der Waals surface area contributed by atoms with Gasteiger partial charge in [-0.2, -0.15) is 0 Å². The average molecular weight is 228 g/mol. The van der Waals surface area contributed by atoms with Crippen molar-refractivity contribution in [2.24, 2.45) is 5.41 Å². The second-order valence-corrected chi connectivity index (χ2v) is 5.14. The fraction of sp³-hybridized carbons (Fsp3) is 0.750. The van der Waals surface area contributed by atoms with Gasteiger partial charge >= 0.3 is 0 Å². The first-order valence-electron chi connectivity index (χ1n) is 5.61. The number of aliphatic hydroxyl groups is 1. The summed E-state index contributed by atoms with van der Waals surface area (Å²) in [6, 6.07) is 0. The third-order valence-electron chi connectivity index (χ3n) is 1.96. The Bertz CT molecular complexity index is 222. The molecule has 0 aliphatic rings. The van der Waals surface area contributed by atoms with Crippen LogP contribution in [0.2, 0.25) is 0 Å². The molecule has 0 aromatic carbocycles. The highest BCUT2D eigenvalue weighted by Crippen LogP contribution is 2.20. The van der Waals surface area contributed by atoms with Gasteiger partial charge in [-0.05, 0) is 11.8 Å². The van der Waals surface area contributed by atoms with E-state index in [1.807, 2.05) is 0 Å². The van der Waals surface area contributed by atoms with Crippen LogP contribution in [0.4, 0.5) is 0 Å². The second-order valence-electron chi connectivity index (χ2n) is 5.14. The van der Waals surface area contributed by atoms with Crippen molar-refractivity contribution in [1.82, 2.24) is 10.6 Å². The third-order valence-corrected chi connectivity index (χ3v) is 1.96. The van der Waals surface area contributed by atoms with Gasteiger partial charge in [-0.25, -0.2) is 0 Å². The Kier molecular flexibility index (Phi) is 7.01. The summed E-state index contributed by atoms with van der Waals surface area (Å²) in [4.78, 5) is 11.3. The molecule has 0 fully saturated rings. The molecule has 1 amide bonds. The van der Waals surface area contributed by atoms with Gasteiger partial charge in [0.05, 0.1) is 12.6 Å². The monoisotopic (exact) mass is 228 g/mol. The summed E-state index contributed by atoms with van der Waals surface area (Å²) in [6.07, 6.45) is 1.89. The maximum Gasteiger partial charge on any atom is 0.234 e. The number of nitrogens with one attached hydrogen (secondary N) is 2. The molecule has 0 saturated carbocycles. The van der Waals surface area contributed by atoms with E-state index in [2.05, 4.69) is 38.0 Å². The van der Waals surface area contributed by atoms with Crippen LogP contribution in [0.1, 0.15) is 27.2 Å². The lowest BCUT2D eigenvalue weighted by atomic mass is 9.89. The molecule has 1 unspecified atom stereocenters. The van der Waals surface area contributed by atoms with E-state index in [9.17, 15) is 9.90 Å². The molecule has 0 aromatic heterocycles. The van der Waals surface area contributed by atoms with E-state index in [0.717, 1.165) is 0 Å². The topological polar surface area (TPSA) is 61.4 Å². The molecule has 0 bridgehead atoms. The standard InChI is InChI=1S/C12H24N2O2/c1-5-6-13-9-11(16)14-8-10(15)7-12(2,3)4/h5,10,13,15H,1,6-9H2,2-4H3,(H,14,16). The van der Waals surface area contributed by atoms with Crippen LogP contribution < -0.4 is 10.6 Å².